The van der Waals surface area contributed by atoms with Crippen LogP contribution in [-0.2, 0) is 9.59 Å². The zero-order chi connectivity index (χ0) is 20.3. The summed E-state index contributed by atoms with van der Waals surface area (Å²) in [7, 11) is 0. The van der Waals surface area contributed by atoms with Crippen LogP contribution in [0, 0.1) is 10.8 Å². The van der Waals surface area contributed by atoms with Gasteiger partial charge in [-0.1, -0.05) is 41.5 Å². The summed E-state index contributed by atoms with van der Waals surface area (Å²) in [4.78, 5) is 23.0. The molecule has 0 saturated carbocycles. The van der Waals surface area contributed by atoms with E-state index in [2.05, 4.69) is 0 Å². The Labute approximate surface area is 147 Å². The minimum Gasteiger partial charge on any atom is -0.285 e. The lowest BCUT2D eigenvalue weighted by molar-refractivity contribution is -0.196. The molecule has 0 atom stereocenters. The van der Waals surface area contributed by atoms with Gasteiger partial charge in [0.25, 0.3) is 11.8 Å². The van der Waals surface area contributed by atoms with Gasteiger partial charge in [-0.2, -0.15) is 0 Å². The molecule has 144 valence electrons. The van der Waals surface area contributed by atoms with Crippen molar-refractivity contribution in [1.82, 2.24) is 10.1 Å². The molecule has 0 rings (SSSR count). The minimum absolute atomic E-state index is 0.255. The van der Waals surface area contributed by atoms with Gasteiger partial charge in [0.2, 0.25) is 0 Å². The first-order chi connectivity index (χ1) is 10.1. The maximum atomic E-state index is 11.5. The van der Waals surface area contributed by atoms with E-state index < -0.39 is 21.9 Å². The molecule has 0 aliphatic rings. The van der Waals surface area contributed by atoms with Crippen LogP contribution in [0.4, 0.5) is 0 Å². The SMILES string of the molecule is CC(C)(C)C(=O)N(O)C(C)(C)C.CC(C)(C)C(=O)N(O)C(C)(C)C. The third-order valence-corrected chi connectivity index (χ3v) is 2.94. The number of nitrogens with zero attached hydrogens (tertiary/aromatic N) is 2. The summed E-state index contributed by atoms with van der Waals surface area (Å²) in [5.74, 6) is -0.509. The summed E-state index contributed by atoms with van der Waals surface area (Å²) in [6.45, 7) is 21.4. The molecule has 0 bridgehead atoms. The Morgan fingerprint density at radius 3 is 0.750 bits per heavy atom. The maximum Gasteiger partial charge on any atom is 0.251 e. The molecule has 6 heteroatoms. The Bertz CT molecular complexity index is 390. The first-order valence-corrected chi connectivity index (χ1v) is 8.20. The molecule has 0 spiro atoms. The minimum atomic E-state index is -0.526. The molecule has 0 unspecified atom stereocenters. The highest BCUT2D eigenvalue weighted by molar-refractivity contribution is 5.81. The van der Waals surface area contributed by atoms with E-state index >= 15 is 0 Å². The largest absolute Gasteiger partial charge is 0.285 e. The summed E-state index contributed by atoms with van der Waals surface area (Å²) >= 11 is 0. The normalized spacial score (nSPS) is 12.9. The molecule has 0 aliphatic heterocycles. The van der Waals surface area contributed by atoms with Crippen LogP contribution in [0.5, 0.6) is 0 Å². The second-order valence-electron chi connectivity index (χ2n) is 10.1. The van der Waals surface area contributed by atoms with Gasteiger partial charge in [-0.25, -0.2) is 10.1 Å². The Hall–Kier alpha value is -1.14. The van der Waals surface area contributed by atoms with E-state index in [1.54, 1.807) is 83.1 Å². The van der Waals surface area contributed by atoms with Crippen molar-refractivity contribution in [2.75, 3.05) is 0 Å². The van der Waals surface area contributed by atoms with Crippen LogP contribution in [0.15, 0.2) is 0 Å². The molecule has 0 aromatic rings. The zero-order valence-corrected chi connectivity index (χ0v) is 17.6. The molecule has 6 nitrogen and oxygen atoms in total. The lowest BCUT2D eigenvalue weighted by Gasteiger charge is -2.33. The second-order valence-corrected chi connectivity index (χ2v) is 10.1. The third-order valence-electron chi connectivity index (χ3n) is 2.94. The summed E-state index contributed by atoms with van der Waals surface area (Å²) < 4.78 is 0. The van der Waals surface area contributed by atoms with Gasteiger partial charge in [-0.15, -0.1) is 0 Å². The molecule has 0 aliphatic carbocycles. The van der Waals surface area contributed by atoms with Crippen molar-refractivity contribution in [3.8, 4) is 0 Å². The van der Waals surface area contributed by atoms with Crippen molar-refractivity contribution in [2.45, 2.75) is 94.2 Å². The first kappa shape index (κ1) is 25.1. The molecular weight excluding hydrogens is 308 g/mol. The molecule has 2 amide bonds. The molecule has 0 fully saturated rings. The van der Waals surface area contributed by atoms with Gasteiger partial charge in [0.15, 0.2) is 0 Å². The van der Waals surface area contributed by atoms with Crippen LogP contribution in [0.3, 0.4) is 0 Å². The summed E-state index contributed by atoms with van der Waals surface area (Å²) in [6.07, 6.45) is 0. The van der Waals surface area contributed by atoms with Crippen molar-refractivity contribution in [3.63, 3.8) is 0 Å². The van der Waals surface area contributed by atoms with Crippen molar-refractivity contribution in [2.24, 2.45) is 10.8 Å². The number of carbonyl (C=O) groups is 2. The Morgan fingerprint density at radius 2 is 0.708 bits per heavy atom. The molecule has 0 heterocycles. The molecular formula is C18H38N2O4. The standard InChI is InChI=1S/2C9H19NO2/c2*1-8(2,3)7(11)10(12)9(4,5)6/h2*12H,1-6H3. The topological polar surface area (TPSA) is 81.1 Å². The van der Waals surface area contributed by atoms with Gasteiger partial charge < -0.3 is 0 Å². The van der Waals surface area contributed by atoms with Crippen LogP contribution in [0.25, 0.3) is 0 Å². The zero-order valence-electron chi connectivity index (χ0n) is 17.6. The van der Waals surface area contributed by atoms with Crippen LogP contribution in [0.2, 0.25) is 0 Å². The number of hydroxylamine groups is 4. The average Bonchev–Trinajstić information content (AvgIpc) is 2.31. The van der Waals surface area contributed by atoms with E-state index in [1.807, 2.05) is 0 Å². The van der Waals surface area contributed by atoms with Crippen molar-refractivity contribution < 1.29 is 20.0 Å². The number of hydrogen-bond acceptors (Lipinski definition) is 4. The molecule has 0 aromatic carbocycles. The maximum absolute atomic E-state index is 11.5. The fourth-order valence-electron chi connectivity index (χ4n) is 1.24. The highest BCUT2D eigenvalue weighted by Crippen LogP contribution is 2.22. The number of rotatable bonds is 0. The van der Waals surface area contributed by atoms with Gasteiger partial charge in [0, 0.05) is 10.8 Å². The monoisotopic (exact) mass is 346 g/mol. The highest BCUT2D eigenvalue weighted by Gasteiger charge is 2.33. The van der Waals surface area contributed by atoms with Crippen molar-refractivity contribution >= 4 is 11.8 Å². The summed E-state index contributed by atoms with van der Waals surface area (Å²) in [5, 5.41) is 20.5. The van der Waals surface area contributed by atoms with Crippen LogP contribution in [0.1, 0.15) is 83.1 Å². The van der Waals surface area contributed by atoms with E-state index in [1.165, 1.54) is 0 Å². The van der Waals surface area contributed by atoms with Gasteiger partial charge in [-0.3, -0.25) is 20.0 Å². The highest BCUT2D eigenvalue weighted by atomic mass is 16.5. The third kappa shape index (κ3) is 8.64. The number of carbonyl (C=O) groups excluding carboxylic acids is 2. The van der Waals surface area contributed by atoms with Crippen LogP contribution < -0.4 is 0 Å². The molecule has 0 saturated heterocycles. The van der Waals surface area contributed by atoms with Crippen molar-refractivity contribution in [1.29, 1.82) is 0 Å². The molecule has 24 heavy (non-hydrogen) atoms. The first-order valence-electron chi connectivity index (χ1n) is 8.20. The fourth-order valence-corrected chi connectivity index (χ4v) is 1.24. The van der Waals surface area contributed by atoms with Crippen LogP contribution >= 0.6 is 0 Å². The fraction of sp³-hybridized carbons (Fsp3) is 0.889. The molecule has 0 radical (unpaired) electrons. The predicted molar refractivity (Wildman–Crippen MR) is 95.7 cm³/mol. The Morgan fingerprint density at radius 1 is 0.542 bits per heavy atom. The van der Waals surface area contributed by atoms with E-state index in [0.29, 0.717) is 0 Å². The van der Waals surface area contributed by atoms with E-state index in [9.17, 15) is 20.0 Å². The van der Waals surface area contributed by atoms with E-state index in [-0.39, 0.29) is 11.8 Å². The lowest BCUT2D eigenvalue weighted by Crippen LogP contribution is -2.47. The Kier molecular flexibility index (Phi) is 8.19. The average molecular weight is 347 g/mol. The smallest absolute Gasteiger partial charge is 0.251 e. The van der Waals surface area contributed by atoms with Gasteiger partial charge >= 0.3 is 0 Å². The quantitative estimate of drug-likeness (QED) is 0.511. The summed E-state index contributed by atoms with van der Waals surface area (Å²) in [5.41, 5.74) is -2.10. The van der Waals surface area contributed by atoms with Gasteiger partial charge in [0.1, 0.15) is 0 Å². The summed E-state index contributed by atoms with van der Waals surface area (Å²) in [6, 6.07) is 0. The van der Waals surface area contributed by atoms with Crippen LogP contribution in [-0.4, -0.2) is 43.4 Å². The second kappa shape index (κ2) is 7.83. The predicted octanol–water partition coefficient (Wildman–Crippen LogP) is 4.10. The Balaban J connectivity index is 0. The number of amides is 2. The molecule has 0 aromatic heterocycles. The number of hydrogen-bond donors (Lipinski definition) is 2. The van der Waals surface area contributed by atoms with E-state index in [4.69, 9.17) is 0 Å². The van der Waals surface area contributed by atoms with Gasteiger partial charge in [-0.05, 0) is 41.5 Å². The van der Waals surface area contributed by atoms with E-state index in [0.717, 1.165) is 10.1 Å². The van der Waals surface area contributed by atoms with Crippen molar-refractivity contribution in [3.05, 3.63) is 0 Å². The lowest BCUT2D eigenvalue weighted by atomic mass is 9.93. The molecule has 2 N–H and O–H groups in total. The van der Waals surface area contributed by atoms with Gasteiger partial charge in [0.05, 0.1) is 11.1 Å².